The van der Waals surface area contributed by atoms with E-state index in [0.29, 0.717) is 13.2 Å². The number of halogens is 1. The largest absolute Gasteiger partial charge is 0.383 e. The molecule has 0 heterocycles. The Morgan fingerprint density at radius 2 is 2.05 bits per heavy atom. The molecule has 1 aromatic rings. The van der Waals surface area contributed by atoms with Crippen molar-refractivity contribution in [3.8, 4) is 0 Å². The van der Waals surface area contributed by atoms with Crippen molar-refractivity contribution >= 4 is 27.5 Å². The molecule has 0 aliphatic carbocycles. The zero-order valence-corrected chi connectivity index (χ0v) is 12.2. The molecule has 0 radical (unpaired) electrons. The maximum absolute atomic E-state index is 12.1. The van der Waals surface area contributed by atoms with Gasteiger partial charge in [0, 0.05) is 31.3 Å². The Labute approximate surface area is 117 Å². The van der Waals surface area contributed by atoms with Crippen molar-refractivity contribution < 1.29 is 17.9 Å². The number of methoxy groups -OCH3 is 1. The van der Waals surface area contributed by atoms with Gasteiger partial charge in [0.05, 0.1) is 11.5 Å². The fourth-order valence-corrected chi connectivity index (χ4v) is 2.28. The predicted molar refractivity (Wildman–Crippen MR) is 71.7 cm³/mol. The van der Waals surface area contributed by atoms with Crippen molar-refractivity contribution in [1.29, 1.82) is 0 Å². The first-order chi connectivity index (χ1) is 8.75. The summed E-state index contributed by atoms with van der Waals surface area (Å²) in [6.45, 7) is 0.761. The van der Waals surface area contributed by atoms with E-state index in [1.165, 1.54) is 30.2 Å². The van der Waals surface area contributed by atoms with Gasteiger partial charge in [-0.3, -0.25) is 4.79 Å². The summed E-state index contributed by atoms with van der Waals surface area (Å²) in [5, 5.41) is 5.15. The Morgan fingerprint density at radius 1 is 1.42 bits per heavy atom. The van der Waals surface area contributed by atoms with Crippen LogP contribution in [0.3, 0.4) is 0 Å². The zero-order valence-electron chi connectivity index (χ0n) is 10.6. The van der Waals surface area contributed by atoms with Crippen LogP contribution in [0.2, 0.25) is 5.02 Å². The highest BCUT2D eigenvalue weighted by Crippen LogP contribution is 2.19. The van der Waals surface area contributed by atoms with Crippen LogP contribution in [0.1, 0.15) is 10.4 Å². The summed E-state index contributed by atoms with van der Waals surface area (Å²) in [5.74, 6) is -0.357. The van der Waals surface area contributed by atoms with Crippen molar-refractivity contribution in [3.63, 3.8) is 0 Å². The highest BCUT2D eigenvalue weighted by Gasteiger charge is 2.16. The number of benzene rings is 1. The lowest BCUT2D eigenvalue weighted by Crippen LogP contribution is -2.30. The summed E-state index contributed by atoms with van der Waals surface area (Å²) in [7, 11) is -0.797. The van der Waals surface area contributed by atoms with E-state index in [-0.39, 0.29) is 21.4 Å². The predicted octanol–water partition coefficient (Wildman–Crippen LogP) is 0.706. The van der Waals surface area contributed by atoms with Gasteiger partial charge in [0.15, 0.2) is 0 Å². The molecule has 0 saturated heterocycles. The van der Waals surface area contributed by atoms with Gasteiger partial charge in [0.25, 0.3) is 5.91 Å². The molecule has 0 aliphatic rings. The van der Waals surface area contributed by atoms with Crippen LogP contribution >= 0.6 is 11.6 Å². The Bertz CT molecular complexity index is 574. The van der Waals surface area contributed by atoms with Crippen molar-refractivity contribution in [3.05, 3.63) is 28.8 Å². The molecular weight excluding hydrogens is 292 g/mol. The third-order valence-electron chi connectivity index (χ3n) is 2.42. The fraction of sp³-hybridized carbons (Fsp3) is 0.364. The van der Waals surface area contributed by atoms with Crippen LogP contribution in [0.25, 0.3) is 0 Å². The van der Waals surface area contributed by atoms with Gasteiger partial charge in [-0.1, -0.05) is 11.6 Å². The molecule has 19 heavy (non-hydrogen) atoms. The first-order valence-corrected chi connectivity index (χ1v) is 7.26. The number of hydrogen-bond donors (Lipinski definition) is 1. The van der Waals surface area contributed by atoms with Gasteiger partial charge in [-0.2, -0.15) is 0 Å². The van der Waals surface area contributed by atoms with Crippen LogP contribution in [0.5, 0.6) is 0 Å². The normalized spacial score (nSPS) is 11.4. The van der Waals surface area contributed by atoms with E-state index < -0.39 is 10.0 Å². The smallest absolute Gasteiger partial charge is 0.253 e. The molecule has 8 heteroatoms. The Hall–Kier alpha value is -1.15. The quantitative estimate of drug-likeness (QED) is 0.867. The maximum atomic E-state index is 12.1. The minimum atomic E-state index is -3.90. The van der Waals surface area contributed by atoms with Gasteiger partial charge in [-0.15, -0.1) is 0 Å². The van der Waals surface area contributed by atoms with Gasteiger partial charge in [0.2, 0.25) is 10.0 Å². The number of ether oxygens (including phenoxy) is 1. The van der Waals surface area contributed by atoms with Crippen LogP contribution in [-0.2, 0) is 14.8 Å². The highest BCUT2D eigenvalue weighted by atomic mass is 35.5. The molecule has 0 aromatic heterocycles. The molecule has 106 valence electrons. The van der Waals surface area contributed by atoms with E-state index >= 15 is 0 Å². The average Bonchev–Trinajstić information content (AvgIpc) is 2.33. The molecular formula is C11H15ClN2O4S. The van der Waals surface area contributed by atoms with Crippen LogP contribution < -0.4 is 5.14 Å². The fourth-order valence-electron chi connectivity index (χ4n) is 1.40. The molecule has 0 aliphatic heterocycles. The summed E-state index contributed by atoms with van der Waals surface area (Å²) >= 11 is 5.79. The lowest BCUT2D eigenvalue weighted by Gasteiger charge is -2.17. The number of carbonyl (C=O) groups is 1. The number of amides is 1. The van der Waals surface area contributed by atoms with E-state index in [1.54, 1.807) is 7.05 Å². The number of sulfonamides is 1. The minimum Gasteiger partial charge on any atom is -0.383 e. The molecule has 2 N–H and O–H groups in total. The lowest BCUT2D eigenvalue weighted by atomic mass is 10.2. The molecule has 1 aromatic carbocycles. The van der Waals surface area contributed by atoms with Crippen LogP contribution in [-0.4, -0.2) is 46.5 Å². The zero-order chi connectivity index (χ0) is 14.6. The molecule has 1 rings (SSSR count). The summed E-state index contributed by atoms with van der Waals surface area (Å²) in [4.78, 5) is 13.3. The number of nitrogens with two attached hydrogens (primary N) is 1. The van der Waals surface area contributed by atoms with Crippen molar-refractivity contribution in [2.24, 2.45) is 5.14 Å². The first kappa shape index (κ1) is 15.9. The third kappa shape index (κ3) is 4.46. The van der Waals surface area contributed by atoms with E-state index in [1.807, 2.05) is 0 Å². The van der Waals surface area contributed by atoms with Crippen molar-refractivity contribution in [2.75, 3.05) is 27.3 Å². The van der Waals surface area contributed by atoms with Gasteiger partial charge >= 0.3 is 0 Å². The van der Waals surface area contributed by atoms with Gasteiger partial charge < -0.3 is 9.64 Å². The van der Waals surface area contributed by atoms with Crippen LogP contribution in [0.15, 0.2) is 23.1 Å². The molecule has 1 amide bonds. The third-order valence-corrected chi connectivity index (χ3v) is 3.54. The van der Waals surface area contributed by atoms with E-state index in [0.717, 1.165) is 0 Å². The number of carbonyl (C=O) groups excluding carboxylic acids is 1. The highest BCUT2D eigenvalue weighted by molar-refractivity contribution is 7.89. The standard InChI is InChI=1S/C11H15ClN2O4S/c1-14(3-4-18-2)11(15)8-5-9(12)7-10(6-8)19(13,16)17/h5-7H,3-4H2,1-2H3,(H2,13,16,17). The Kier molecular flexibility index (Phi) is 5.30. The topological polar surface area (TPSA) is 89.7 Å². The number of rotatable bonds is 5. The summed E-state index contributed by atoms with van der Waals surface area (Å²) in [6, 6.07) is 3.79. The van der Waals surface area contributed by atoms with Crippen LogP contribution in [0.4, 0.5) is 0 Å². The number of likely N-dealkylation sites (N-methyl/N-ethyl adjacent to an activating group) is 1. The average molecular weight is 307 g/mol. The number of hydrogen-bond acceptors (Lipinski definition) is 4. The minimum absolute atomic E-state index is 0.134. The van der Waals surface area contributed by atoms with E-state index in [9.17, 15) is 13.2 Å². The van der Waals surface area contributed by atoms with Crippen LogP contribution in [0, 0.1) is 0 Å². The number of nitrogens with zero attached hydrogens (tertiary/aromatic N) is 1. The van der Waals surface area contributed by atoms with Gasteiger partial charge in [0.1, 0.15) is 0 Å². The molecule has 0 fully saturated rings. The second kappa shape index (κ2) is 6.33. The van der Waals surface area contributed by atoms with Crippen molar-refractivity contribution in [1.82, 2.24) is 4.90 Å². The maximum Gasteiger partial charge on any atom is 0.253 e. The summed E-state index contributed by atoms with van der Waals surface area (Å²) < 4.78 is 27.4. The number of primary sulfonamides is 1. The van der Waals surface area contributed by atoms with E-state index in [4.69, 9.17) is 21.5 Å². The molecule has 6 nitrogen and oxygen atoms in total. The summed E-state index contributed by atoms with van der Waals surface area (Å²) in [6.07, 6.45) is 0. The summed E-state index contributed by atoms with van der Waals surface area (Å²) in [5.41, 5.74) is 0.162. The molecule has 0 saturated carbocycles. The monoisotopic (exact) mass is 306 g/mol. The SMILES string of the molecule is COCCN(C)C(=O)c1cc(Cl)cc(S(N)(=O)=O)c1. The molecule has 0 unspecified atom stereocenters. The Balaban J connectivity index is 3.07. The molecule has 0 bridgehead atoms. The second-order valence-electron chi connectivity index (χ2n) is 3.94. The first-order valence-electron chi connectivity index (χ1n) is 5.33. The van der Waals surface area contributed by atoms with Gasteiger partial charge in [-0.05, 0) is 18.2 Å². The van der Waals surface area contributed by atoms with E-state index in [2.05, 4.69) is 0 Å². The Morgan fingerprint density at radius 3 is 2.58 bits per heavy atom. The molecule has 0 atom stereocenters. The second-order valence-corrected chi connectivity index (χ2v) is 5.94. The van der Waals surface area contributed by atoms with Gasteiger partial charge in [-0.25, -0.2) is 13.6 Å². The molecule has 0 spiro atoms. The van der Waals surface area contributed by atoms with Crippen molar-refractivity contribution in [2.45, 2.75) is 4.90 Å². The lowest BCUT2D eigenvalue weighted by molar-refractivity contribution is 0.0744.